The van der Waals surface area contributed by atoms with Crippen molar-refractivity contribution in [3.8, 4) is 17.2 Å². The zero-order chi connectivity index (χ0) is 29.5. The molecule has 0 atom stereocenters. The van der Waals surface area contributed by atoms with Crippen LogP contribution >= 0.6 is 0 Å². The van der Waals surface area contributed by atoms with E-state index in [2.05, 4.69) is 10.6 Å². The lowest BCUT2D eigenvalue weighted by atomic mass is 10.1. The Morgan fingerprint density at radius 1 is 0.878 bits per heavy atom. The van der Waals surface area contributed by atoms with E-state index in [-0.39, 0.29) is 23.8 Å². The molecule has 1 heterocycles. The van der Waals surface area contributed by atoms with Crippen molar-refractivity contribution in [3.63, 3.8) is 0 Å². The van der Waals surface area contributed by atoms with Gasteiger partial charge in [-0.05, 0) is 92.9 Å². The number of benzene rings is 3. The molecule has 5 amide bonds. The van der Waals surface area contributed by atoms with E-state index in [1.807, 2.05) is 39.0 Å². The highest BCUT2D eigenvalue weighted by Crippen LogP contribution is 2.31. The molecule has 2 N–H and O–H groups in total. The lowest BCUT2D eigenvalue weighted by Crippen LogP contribution is -2.54. The van der Waals surface area contributed by atoms with Gasteiger partial charge in [0, 0.05) is 5.69 Å². The Bertz CT molecular complexity index is 1510. The third-order valence-corrected chi connectivity index (χ3v) is 6.11. The van der Waals surface area contributed by atoms with Gasteiger partial charge < -0.3 is 19.5 Å². The van der Waals surface area contributed by atoms with Crippen molar-refractivity contribution >= 4 is 41.2 Å². The van der Waals surface area contributed by atoms with E-state index >= 15 is 0 Å². The van der Waals surface area contributed by atoms with E-state index in [1.54, 1.807) is 49.4 Å². The molecule has 0 aromatic heterocycles. The van der Waals surface area contributed by atoms with Crippen LogP contribution in [-0.2, 0) is 14.4 Å². The topological polar surface area (TPSA) is 123 Å². The summed E-state index contributed by atoms with van der Waals surface area (Å²) in [5.74, 6) is -0.703. The molecule has 41 heavy (non-hydrogen) atoms. The number of ether oxygens (including phenoxy) is 3. The van der Waals surface area contributed by atoms with Crippen LogP contribution in [0, 0.1) is 13.8 Å². The molecule has 0 spiro atoms. The number of hydrogen-bond acceptors (Lipinski definition) is 7. The third kappa shape index (κ3) is 6.91. The largest absolute Gasteiger partial charge is 0.494 e. The fourth-order valence-electron chi connectivity index (χ4n) is 4.12. The van der Waals surface area contributed by atoms with E-state index in [9.17, 15) is 19.2 Å². The zero-order valence-electron chi connectivity index (χ0n) is 23.3. The van der Waals surface area contributed by atoms with Gasteiger partial charge in [0.2, 0.25) is 0 Å². The zero-order valence-corrected chi connectivity index (χ0v) is 23.3. The van der Waals surface area contributed by atoms with Gasteiger partial charge in [-0.3, -0.25) is 19.7 Å². The normalized spacial score (nSPS) is 14.1. The predicted molar refractivity (Wildman–Crippen MR) is 154 cm³/mol. The van der Waals surface area contributed by atoms with Gasteiger partial charge in [-0.1, -0.05) is 18.2 Å². The summed E-state index contributed by atoms with van der Waals surface area (Å²) in [5.41, 5.74) is 3.17. The fraction of sp³-hybridized carbons (Fsp3) is 0.226. The number of anilines is 2. The minimum Gasteiger partial charge on any atom is -0.494 e. The molecule has 10 nitrogen and oxygen atoms in total. The number of hydrogen-bond donors (Lipinski definition) is 2. The van der Waals surface area contributed by atoms with Gasteiger partial charge in [0.1, 0.15) is 11.3 Å². The molecule has 1 aliphatic rings. The van der Waals surface area contributed by atoms with Gasteiger partial charge >= 0.3 is 6.03 Å². The second-order valence-electron chi connectivity index (χ2n) is 9.18. The maximum Gasteiger partial charge on any atom is 0.335 e. The maximum atomic E-state index is 13.3. The first-order valence-corrected chi connectivity index (χ1v) is 13.1. The second-order valence-corrected chi connectivity index (χ2v) is 9.18. The van der Waals surface area contributed by atoms with Gasteiger partial charge in [-0.25, -0.2) is 9.69 Å². The summed E-state index contributed by atoms with van der Waals surface area (Å²) in [7, 11) is 0. The summed E-state index contributed by atoms with van der Waals surface area (Å²) in [6.45, 7) is 8.01. The van der Waals surface area contributed by atoms with Crippen LogP contribution in [0.15, 0.2) is 66.2 Å². The molecule has 1 aliphatic heterocycles. The Kier molecular flexibility index (Phi) is 9.03. The molecule has 4 rings (SSSR count). The first kappa shape index (κ1) is 28.9. The van der Waals surface area contributed by atoms with E-state index in [1.165, 1.54) is 6.08 Å². The first-order chi connectivity index (χ1) is 19.7. The van der Waals surface area contributed by atoms with Gasteiger partial charge in [-0.15, -0.1) is 0 Å². The Hall–Kier alpha value is -5.12. The van der Waals surface area contributed by atoms with Crippen LogP contribution in [0.2, 0.25) is 0 Å². The average Bonchev–Trinajstić information content (AvgIpc) is 2.94. The van der Waals surface area contributed by atoms with E-state index in [4.69, 9.17) is 14.2 Å². The van der Waals surface area contributed by atoms with Crippen LogP contribution in [0.4, 0.5) is 16.2 Å². The molecule has 0 unspecified atom stereocenters. The Labute approximate surface area is 237 Å². The molecule has 0 bridgehead atoms. The van der Waals surface area contributed by atoms with Crippen LogP contribution in [0.1, 0.15) is 30.5 Å². The van der Waals surface area contributed by atoms with Gasteiger partial charge in [-0.2, -0.15) is 0 Å². The predicted octanol–water partition coefficient (Wildman–Crippen LogP) is 4.78. The lowest BCUT2D eigenvalue weighted by Gasteiger charge is -2.26. The Morgan fingerprint density at radius 2 is 1.61 bits per heavy atom. The minimum absolute atomic E-state index is 0.234. The number of carbonyl (C=O) groups excluding carboxylic acids is 4. The van der Waals surface area contributed by atoms with Crippen molar-refractivity contribution in [1.29, 1.82) is 0 Å². The number of carbonyl (C=O) groups is 4. The first-order valence-electron chi connectivity index (χ1n) is 13.1. The van der Waals surface area contributed by atoms with Crippen LogP contribution < -0.4 is 29.7 Å². The smallest absolute Gasteiger partial charge is 0.335 e. The van der Waals surface area contributed by atoms with Crippen molar-refractivity contribution in [2.45, 2.75) is 27.7 Å². The van der Waals surface area contributed by atoms with Crippen molar-refractivity contribution in [1.82, 2.24) is 5.32 Å². The SMILES string of the molecule is CCOc1ccc(N2C(=O)NC(=O)/C(=C\c3ccc(OCC(=O)Nc4cc(C)ccc4C)c(OCC)c3)C2=O)cc1. The molecule has 0 aliphatic carbocycles. The molecular weight excluding hydrogens is 526 g/mol. The summed E-state index contributed by atoms with van der Waals surface area (Å²) in [4.78, 5) is 51.8. The number of imide groups is 2. The minimum atomic E-state index is -0.848. The average molecular weight is 558 g/mol. The number of aryl methyl sites for hydroxylation is 2. The molecule has 0 radical (unpaired) electrons. The van der Waals surface area contributed by atoms with Crippen molar-refractivity contribution < 1.29 is 33.4 Å². The summed E-state index contributed by atoms with van der Waals surface area (Å²) in [6, 6.07) is 16.1. The highest BCUT2D eigenvalue weighted by atomic mass is 16.5. The van der Waals surface area contributed by atoms with Crippen LogP contribution in [0.5, 0.6) is 17.2 Å². The molecular formula is C31H31N3O7. The number of urea groups is 1. The molecule has 3 aromatic carbocycles. The van der Waals surface area contributed by atoms with Crippen molar-refractivity contribution in [2.75, 3.05) is 30.0 Å². The van der Waals surface area contributed by atoms with E-state index < -0.39 is 17.8 Å². The van der Waals surface area contributed by atoms with Crippen LogP contribution in [0.25, 0.3) is 6.08 Å². The molecule has 1 fully saturated rings. The highest BCUT2D eigenvalue weighted by Gasteiger charge is 2.36. The van der Waals surface area contributed by atoms with Crippen molar-refractivity contribution in [2.24, 2.45) is 0 Å². The lowest BCUT2D eigenvalue weighted by molar-refractivity contribution is -0.122. The summed E-state index contributed by atoms with van der Waals surface area (Å²) >= 11 is 0. The number of nitrogens with zero attached hydrogens (tertiary/aromatic N) is 1. The Morgan fingerprint density at radius 3 is 2.32 bits per heavy atom. The quantitative estimate of drug-likeness (QED) is 0.272. The standard InChI is InChI=1S/C31H31N3O7/c1-5-39-23-12-10-22(11-13-23)34-30(37)24(29(36)33-31(34)38)16-21-9-14-26(27(17-21)40-6-2)41-18-28(35)32-25-15-19(3)7-8-20(25)4/h7-17H,5-6,18H2,1-4H3,(H,32,35)(H,33,36,38)/b24-16+. The van der Waals surface area contributed by atoms with E-state index in [0.29, 0.717) is 41.7 Å². The summed E-state index contributed by atoms with van der Waals surface area (Å²) < 4.78 is 16.8. The molecule has 212 valence electrons. The number of nitrogens with one attached hydrogen (secondary N) is 2. The van der Waals surface area contributed by atoms with Gasteiger partial charge in [0.15, 0.2) is 18.1 Å². The summed E-state index contributed by atoms with van der Waals surface area (Å²) in [6.07, 6.45) is 1.37. The summed E-state index contributed by atoms with van der Waals surface area (Å²) in [5, 5.41) is 5.05. The van der Waals surface area contributed by atoms with Crippen LogP contribution in [0.3, 0.4) is 0 Å². The monoisotopic (exact) mass is 557 g/mol. The highest BCUT2D eigenvalue weighted by molar-refractivity contribution is 6.39. The number of rotatable bonds is 10. The van der Waals surface area contributed by atoms with E-state index in [0.717, 1.165) is 16.0 Å². The number of amides is 5. The van der Waals surface area contributed by atoms with Gasteiger partial charge in [0.25, 0.3) is 17.7 Å². The van der Waals surface area contributed by atoms with Crippen molar-refractivity contribution in [3.05, 3.63) is 82.9 Å². The van der Waals surface area contributed by atoms with Gasteiger partial charge in [0.05, 0.1) is 18.9 Å². The molecule has 1 saturated heterocycles. The van der Waals surface area contributed by atoms with Crippen LogP contribution in [-0.4, -0.2) is 43.6 Å². The second kappa shape index (κ2) is 12.8. The third-order valence-electron chi connectivity index (χ3n) is 6.11. The number of barbiturate groups is 1. The molecule has 3 aromatic rings. The maximum absolute atomic E-state index is 13.3. The molecule has 10 heteroatoms. The Balaban J connectivity index is 1.52. The molecule has 0 saturated carbocycles. The fourth-order valence-corrected chi connectivity index (χ4v) is 4.12.